The first kappa shape index (κ1) is 8.06. The highest BCUT2D eigenvalue weighted by Crippen LogP contribution is 2.21. The van der Waals surface area contributed by atoms with Gasteiger partial charge in [0, 0.05) is 0 Å². The molecular formula is C11H14. The van der Waals surface area contributed by atoms with Gasteiger partial charge >= 0.3 is 0 Å². The third kappa shape index (κ3) is 1.94. The van der Waals surface area contributed by atoms with E-state index in [0.717, 1.165) is 12.0 Å². The summed E-state index contributed by atoms with van der Waals surface area (Å²) in [5.74, 6) is 0.540. The summed E-state index contributed by atoms with van der Waals surface area (Å²) in [7, 11) is 0. The van der Waals surface area contributed by atoms with Crippen LogP contribution in [0.3, 0.4) is 0 Å². The summed E-state index contributed by atoms with van der Waals surface area (Å²) < 4.78 is 0. The number of hydrogen-bond acceptors (Lipinski definition) is 0. The van der Waals surface area contributed by atoms with Crippen LogP contribution < -0.4 is 0 Å². The van der Waals surface area contributed by atoms with Crippen LogP contribution in [0.5, 0.6) is 0 Å². The second-order valence-corrected chi connectivity index (χ2v) is 2.92. The lowest BCUT2D eigenvalue weighted by molar-refractivity contribution is 0.817. The molecule has 1 aliphatic rings. The lowest BCUT2D eigenvalue weighted by Gasteiger charge is -2.12. The predicted molar refractivity (Wildman–Crippen MR) is 50.3 cm³/mol. The van der Waals surface area contributed by atoms with E-state index in [9.17, 15) is 0 Å². The maximum Gasteiger partial charge on any atom is -0.000982 e. The van der Waals surface area contributed by atoms with Crippen LogP contribution in [-0.4, -0.2) is 0 Å². The minimum atomic E-state index is 0.540. The summed E-state index contributed by atoms with van der Waals surface area (Å²) in [6, 6.07) is 0. The van der Waals surface area contributed by atoms with Gasteiger partial charge in [0.1, 0.15) is 0 Å². The summed E-state index contributed by atoms with van der Waals surface area (Å²) >= 11 is 0. The van der Waals surface area contributed by atoms with Crippen molar-refractivity contribution in [1.29, 1.82) is 0 Å². The molecule has 0 aromatic rings. The molecule has 0 nitrogen and oxygen atoms in total. The molecule has 0 aromatic carbocycles. The van der Waals surface area contributed by atoms with Crippen LogP contribution in [0.1, 0.15) is 13.3 Å². The van der Waals surface area contributed by atoms with E-state index in [4.69, 9.17) is 0 Å². The van der Waals surface area contributed by atoms with Crippen LogP contribution in [-0.2, 0) is 0 Å². The van der Waals surface area contributed by atoms with Gasteiger partial charge in [0.05, 0.1) is 0 Å². The Kier molecular flexibility index (Phi) is 2.48. The highest BCUT2D eigenvalue weighted by Gasteiger charge is 2.05. The van der Waals surface area contributed by atoms with Crippen LogP contribution in [0.15, 0.2) is 48.6 Å². The van der Waals surface area contributed by atoms with Crippen molar-refractivity contribution in [3.63, 3.8) is 0 Å². The Hall–Kier alpha value is -1.04. The van der Waals surface area contributed by atoms with Gasteiger partial charge in [-0.3, -0.25) is 0 Å². The molecule has 0 aromatic heterocycles. The van der Waals surface area contributed by atoms with E-state index in [1.54, 1.807) is 0 Å². The Bertz CT molecular complexity index is 228. The van der Waals surface area contributed by atoms with Gasteiger partial charge in [-0.1, -0.05) is 30.9 Å². The first-order chi connectivity index (χ1) is 5.24. The van der Waals surface area contributed by atoms with E-state index in [2.05, 4.69) is 38.3 Å². The molecule has 0 fully saturated rings. The van der Waals surface area contributed by atoms with Gasteiger partial charge < -0.3 is 0 Å². The molecule has 1 atom stereocenters. The SMILES string of the molecule is C=CCC1C=CC(=C)C(C)=C1. The van der Waals surface area contributed by atoms with Crippen molar-refractivity contribution in [3.8, 4) is 0 Å². The normalized spacial score (nSPS) is 23.2. The molecular weight excluding hydrogens is 132 g/mol. The van der Waals surface area contributed by atoms with Gasteiger partial charge in [0.15, 0.2) is 0 Å². The highest BCUT2D eigenvalue weighted by atomic mass is 14.1. The molecule has 1 aliphatic carbocycles. The Labute approximate surface area is 68.6 Å². The second kappa shape index (κ2) is 3.38. The van der Waals surface area contributed by atoms with Crippen molar-refractivity contribution < 1.29 is 0 Å². The standard InChI is InChI=1S/C11H14/c1-4-5-11-7-6-9(2)10(3)8-11/h4,6-8,11H,1-2,5H2,3H3. The van der Waals surface area contributed by atoms with Gasteiger partial charge in [-0.2, -0.15) is 0 Å². The first-order valence-electron chi connectivity index (χ1n) is 3.91. The van der Waals surface area contributed by atoms with Crippen molar-refractivity contribution in [1.82, 2.24) is 0 Å². The first-order valence-corrected chi connectivity index (χ1v) is 3.91. The lowest BCUT2D eigenvalue weighted by atomic mass is 9.93. The molecule has 1 unspecified atom stereocenters. The van der Waals surface area contributed by atoms with Crippen molar-refractivity contribution in [2.24, 2.45) is 5.92 Å². The van der Waals surface area contributed by atoms with E-state index < -0.39 is 0 Å². The Morgan fingerprint density at radius 3 is 2.91 bits per heavy atom. The van der Waals surface area contributed by atoms with Gasteiger partial charge in [0.25, 0.3) is 0 Å². The van der Waals surface area contributed by atoms with Crippen LogP contribution in [0.25, 0.3) is 0 Å². The molecule has 0 saturated carbocycles. The summed E-state index contributed by atoms with van der Waals surface area (Å²) in [5.41, 5.74) is 2.42. The number of hydrogen-bond donors (Lipinski definition) is 0. The fourth-order valence-corrected chi connectivity index (χ4v) is 1.19. The van der Waals surface area contributed by atoms with E-state index in [1.165, 1.54) is 5.57 Å². The molecule has 0 saturated heterocycles. The molecule has 0 spiro atoms. The van der Waals surface area contributed by atoms with E-state index >= 15 is 0 Å². The maximum atomic E-state index is 3.91. The Morgan fingerprint density at radius 1 is 1.64 bits per heavy atom. The van der Waals surface area contributed by atoms with E-state index in [0.29, 0.717) is 5.92 Å². The summed E-state index contributed by atoms with van der Waals surface area (Å²) in [6.07, 6.45) is 9.48. The molecule has 0 N–H and O–H groups in total. The molecule has 0 amide bonds. The maximum absolute atomic E-state index is 3.91. The monoisotopic (exact) mass is 146 g/mol. The molecule has 11 heavy (non-hydrogen) atoms. The number of rotatable bonds is 2. The predicted octanol–water partition coefficient (Wildman–Crippen LogP) is 3.25. The third-order valence-electron chi connectivity index (χ3n) is 1.95. The molecule has 0 radical (unpaired) electrons. The zero-order valence-corrected chi connectivity index (χ0v) is 7.01. The van der Waals surface area contributed by atoms with Crippen LogP contribution in [0, 0.1) is 5.92 Å². The minimum Gasteiger partial charge on any atom is -0.103 e. The van der Waals surface area contributed by atoms with E-state index in [-0.39, 0.29) is 0 Å². The van der Waals surface area contributed by atoms with Crippen LogP contribution >= 0.6 is 0 Å². The molecule has 1 rings (SSSR count). The molecule has 0 bridgehead atoms. The molecule has 0 aliphatic heterocycles. The third-order valence-corrected chi connectivity index (χ3v) is 1.95. The molecule has 58 valence electrons. The van der Waals surface area contributed by atoms with Gasteiger partial charge in [-0.25, -0.2) is 0 Å². The fraction of sp³-hybridized carbons (Fsp3) is 0.273. The van der Waals surface area contributed by atoms with Crippen molar-refractivity contribution in [3.05, 3.63) is 48.6 Å². The van der Waals surface area contributed by atoms with Gasteiger partial charge in [0.2, 0.25) is 0 Å². The quantitative estimate of drug-likeness (QED) is 0.524. The van der Waals surface area contributed by atoms with Gasteiger partial charge in [-0.05, 0) is 30.4 Å². The zero-order chi connectivity index (χ0) is 8.27. The summed E-state index contributed by atoms with van der Waals surface area (Å²) in [4.78, 5) is 0. The second-order valence-electron chi connectivity index (χ2n) is 2.92. The fourth-order valence-electron chi connectivity index (χ4n) is 1.19. The molecule has 0 heterocycles. The van der Waals surface area contributed by atoms with Crippen molar-refractivity contribution >= 4 is 0 Å². The molecule has 0 heteroatoms. The highest BCUT2D eigenvalue weighted by molar-refractivity contribution is 5.40. The average Bonchev–Trinajstić information content (AvgIpc) is 1.98. The summed E-state index contributed by atoms with van der Waals surface area (Å²) in [5, 5.41) is 0. The average molecular weight is 146 g/mol. The van der Waals surface area contributed by atoms with E-state index in [1.807, 2.05) is 6.08 Å². The largest absolute Gasteiger partial charge is 0.103 e. The van der Waals surface area contributed by atoms with Crippen LogP contribution in [0.2, 0.25) is 0 Å². The lowest BCUT2D eigenvalue weighted by Crippen LogP contribution is -1.97. The Balaban J connectivity index is 2.68. The smallest absolute Gasteiger partial charge is 0.000982 e. The van der Waals surface area contributed by atoms with Crippen LogP contribution in [0.4, 0.5) is 0 Å². The van der Waals surface area contributed by atoms with Crippen molar-refractivity contribution in [2.75, 3.05) is 0 Å². The Morgan fingerprint density at radius 2 is 2.36 bits per heavy atom. The zero-order valence-electron chi connectivity index (χ0n) is 7.01. The topological polar surface area (TPSA) is 0 Å². The van der Waals surface area contributed by atoms with Gasteiger partial charge in [-0.15, -0.1) is 6.58 Å². The summed E-state index contributed by atoms with van der Waals surface area (Å²) in [6.45, 7) is 9.72. The minimum absolute atomic E-state index is 0.540. The van der Waals surface area contributed by atoms with Crippen molar-refractivity contribution in [2.45, 2.75) is 13.3 Å². The number of allylic oxidation sites excluding steroid dienone is 6.